The molecule has 3 nitrogen and oxygen atoms in total. The van der Waals surface area contributed by atoms with Crippen molar-refractivity contribution in [1.29, 1.82) is 0 Å². The van der Waals surface area contributed by atoms with Gasteiger partial charge in [0, 0.05) is 41.7 Å². The van der Waals surface area contributed by atoms with Crippen LogP contribution in [0.2, 0.25) is 5.02 Å². The molecular formula is C15H17ClN2OS. The molecule has 2 aromatic rings. The van der Waals surface area contributed by atoms with Crippen molar-refractivity contribution in [2.75, 3.05) is 24.6 Å². The Bertz CT molecular complexity index is 576. The molecule has 1 aromatic carbocycles. The Hall–Kier alpha value is -0.970. The zero-order valence-electron chi connectivity index (χ0n) is 11.4. The van der Waals surface area contributed by atoms with Gasteiger partial charge in [-0.25, -0.2) is 4.98 Å². The molecule has 0 N–H and O–H groups in total. The number of halogens is 1. The summed E-state index contributed by atoms with van der Waals surface area (Å²) in [5.74, 6) is 4.01. The van der Waals surface area contributed by atoms with Crippen LogP contribution in [0.5, 0.6) is 0 Å². The second-order valence-electron chi connectivity index (χ2n) is 4.92. The second-order valence-corrected chi connectivity index (χ2v) is 6.58. The molecule has 20 heavy (non-hydrogen) atoms. The third kappa shape index (κ3) is 3.19. The molecule has 5 heteroatoms. The molecule has 1 saturated heterocycles. The summed E-state index contributed by atoms with van der Waals surface area (Å²) in [7, 11) is 0. The van der Waals surface area contributed by atoms with Crippen molar-refractivity contribution in [3.63, 3.8) is 0 Å². The average molecular weight is 309 g/mol. The maximum Gasteiger partial charge on any atom is 0.226 e. The van der Waals surface area contributed by atoms with E-state index in [1.54, 1.807) is 0 Å². The van der Waals surface area contributed by atoms with Gasteiger partial charge in [0.15, 0.2) is 0 Å². The molecule has 0 saturated carbocycles. The Kier molecular flexibility index (Phi) is 4.34. The summed E-state index contributed by atoms with van der Waals surface area (Å²) in [5.41, 5.74) is 2.01. The van der Waals surface area contributed by atoms with Gasteiger partial charge in [0.1, 0.15) is 5.76 Å². The largest absolute Gasteiger partial charge is 0.441 e. The number of oxazole rings is 1. The highest BCUT2D eigenvalue weighted by Gasteiger charge is 2.16. The molecular weight excluding hydrogens is 292 g/mol. The van der Waals surface area contributed by atoms with Gasteiger partial charge in [-0.05, 0) is 31.2 Å². The summed E-state index contributed by atoms with van der Waals surface area (Å²) in [6, 6.07) is 7.60. The molecule has 0 amide bonds. The molecule has 0 aliphatic carbocycles. The van der Waals surface area contributed by atoms with Crippen LogP contribution in [0, 0.1) is 6.92 Å². The molecule has 1 fully saturated rings. The lowest BCUT2D eigenvalue weighted by Crippen LogP contribution is -2.32. The van der Waals surface area contributed by atoms with Crippen LogP contribution in [0.25, 0.3) is 11.5 Å². The van der Waals surface area contributed by atoms with Crippen molar-refractivity contribution >= 4 is 23.4 Å². The van der Waals surface area contributed by atoms with Gasteiger partial charge in [-0.15, -0.1) is 0 Å². The molecule has 0 bridgehead atoms. The monoisotopic (exact) mass is 308 g/mol. The van der Waals surface area contributed by atoms with E-state index in [1.807, 2.05) is 43.0 Å². The first-order chi connectivity index (χ1) is 9.72. The Labute approximate surface area is 128 Å². The van der Waals surface area contributed by atoms with Crippen molar-refractivity contribution in [2.24, 2.45) is 0 Å². The fraction of sp³-hybridized carbons (Fsp3) is 0.400. The Morgan fingerprint density at radius 2 is 1.95 bits per heavy atom. The number of benzene rings is 1. The lowest BCUT2D eigenvalue weighted by atomic mass is 10.2. The van der Waals surface area contributed by atoms with Gasteiger partial charge in [0.25, 0.3) is 0 Å². The average Bonchev–Trinajstić information content (AvgIpc) is 2.82. The zero-order chi connectivity index (χ0) is 13.9. The van der Waals surface area contributed by atoms with Crippen LogP contribution in [0.3, 0.4) is 0 Å². The van der Waals surface area contributed by atoms with Crippen LogP contribution in [-0.4, -0.2) is 34.5 Å². The van der Waals surface area contributed by atoms with E-state index in [0.717, 1.165) is 41.7 Å². The summed E-state index contributed by atoms with van der Waals surface area (Å²) < 4.78 is 5.80. The minimum Gasteiger partial charge on any atom is -0.441 e. The van der Waals surface area contributed by atoms with Crippen molar-refractivity contribution < 1.29 is 4.42 Å². The maximum atomic E-state index is 5.90. The van der Waals surface area contributed by atoms with E-state index in [9.17, 15) is 0 Å². The van der Waals surface area contributed by atoms with E-state index in [0.29, 0.717) is 5.89 Å². The molecule has 2 heterocycles. The quantitative estimate of drug-likeness (QED) is 0.861. The third-order valence-corrected chi connectivity index (χ3v) is 4.66. The predicted octanol–water partition coefficient (Wildman–Crippen LogP) is 3.85. The van der Waals surface area contributed by atoms with E-state index in [1.165, 1.54) is 11.5 Å². The van der Waals surface area contributed by atoms with Crippen LogP contribution in [0.15, 0.2) is 28.7 Å². The predicted molar refractivity (Wildman–Crippen MR) is 84.3 cm³/mol. The number of nitrogens with zero attached hydrogens (tertiary/aromatic N) is 2. The standard InChI is InChI=1S/C15H17ClN2OS/c1-11-14(10-18-6-8-20-9-7-18)17-15(19-11)12-2-4-13(16)5-3-12/h2-5H,6-10H2,1H3. The minimum atomic E-state index is 0.681. The van der Waals surface area contributed by atoms with Crippen molar-refractivity contribution in [3.8, 4) is 11.5 Å². The summed E-state index contributed by atoms with van der Waals surface area (Å²) >= 11 is 7.92. The second kappa shape index (κ2) is 6.20. The van der Waals surface area contributed by atoms with Gasteiger partial charge < -0.3 is 4.42 Å². The van der Waals surface area contributed by atoms with E-state index in [2.05, 4.69) is 9.88 Å². The van der Waals surface area contributed by atoms with Crippen LogP contribution >= 0.6 is 23.4 Å². The van der Waals surface area contributed by atoms with Crippen LogP contribution in [-0.2, 0) is 6.54 Å². The lowest BCUT2D eigenvalue weighted by molar-refractivity contribution is 0.289. The number of aromatic nitrogens is 1. The molecule has 1 aliphatic heterocycles. The smallest absolute Gasteiger partial charge is 0.226 e. The highest BCUT2D eigenvalue weighted by Crippen LogP contribution is 2.24. The topological polar surface area (TPSA) is 29.3 Å². The number of hydrogen-bond donors (Lipinski definition) is 0. The highest BCUT2D eigenvalue weighted by atomic mass is 35.5. The molecule has 0 radical (unpaired) electrons. The minimum absolute atomic E-state index is 0.681. The summed E-state index contributed by atoms with van der Waals surface area (Å²) in [5, 5.41) is 0.725. The molecule has 106 valence electrons. The van der Waals surface area contributed by atoms with Crippen molar-refractivity contribution in [3.05, 3.63) is 40.7 Å². The number of thioether (sulfide) groups is 1. The Morgan fingerprint density at radius 1 is 1.25 bits per heavy atom. The first-order valence-electron chi connectivity index (χ1n) is 6.75. The lowest BCUT2D eigenvalue weighted by Gasteiger charge is -2.25. The number of aryl methyl sites for hydroxylation is 1. The van der Waals surface area contributed by atoms with Gasteiger partial charge in [-0.2, -0.15) is 11.8 Å². The zero-order valence-corrected chi connectivity index (χ0v) is 13.0. The van der Waals surface area contributed by atoms with Gasteiger partial charge in [0.2, 0.25) is 5.89 Å². The molecule has 0 unspecified atom stereocenters. The van der Waals surface area contributed by atoms with Crippen LogP contribution < -0.4 is 0 Å². The van der Waals surface area contributed by atoms with E-state index >= 15 is 0 Å². The first kappa shape index (κ1) is 14.0. The maximum absolute atomic E-state index is 5.90. The van der Waals surface area contributed by atoms with Gasteiger partial charge in [0.05, 0.1) is 5.69 Å². The van der Waals surface area contributed by atoms with E-state index < -0.39 is 0 Å². The Balaban J connectivity index is 1.78. The number of rotatable bonds is 3. The van der Waals surface area contributed by atoms with Crippen molar-refractivity contribution in [2.45, 2.75) is 13.5 Å². The van der Waals surface area contributed by atoms with Crippen molar-refractivity contribution in [1.82, 2.24) is 9.88 Å². The van der Waals surface area contributed by atoms with Crippen LogP contribution in [0.4, 0.5) is 0 Å². The fourth-order valence-electron chi connectivity index (χ4n) is 2.26. The molecule has 1 aliphatic rings. The normalized spacial score (nSPS) is 16.5. The van der Waals surface area contributed by atoms with E-state index in [4.69, 9.17) is 16.0 Å². The molecule has 1 aromatic heterocycles. The van der Waals surface area contributed by atoms with Gasteiger partial charge in [-0.3, -0.25) is 4.90 Å². The molecule has 0 atom stereocenters. The summed E-state index contributed by atoms with van der Waals surface area (Å²) in [6.07, 6.45) is 0. The molecule has 3 rings (SSSR count). The number of hydrogen-bond acceptors (Lipinski definition) is 4. The molecule has 0 spiro atoms. The summed E-state index contributed by atoms with van der Waals surface area (Å²) in [6.45, 7) is 5.13. The van der Waals surface area contributed by atoms with Gasteiger partial charge >= 0.3 is 0 Å². The third-order valence-electron chi connectivity index (χ3n) is 3.46. The summed E-state index contributed by atoms with van der Waals surface area (Å²) in [4.78, 5) is 7.08. The van der Waals surface area contributed by atoms with Gasteiger partial charge in [-0.1, -0.05) is 11.6 Å². The fourth-order valence-corrected chi connectivity index (χ4v) is 3.37. The van der Waals surface area contributed by atoms with Crippen LogP contribution in [0.1, 0.15) is 11.5 Å². The SMILES string of the molecule is Cc1oc(-c2ccc(Cl)cc2)nc1CN1CCSCC1. The van der Waals surface area contributed by atoms with E-state index in [-0.39, 0.29) is 0 Å². The first-order valence-corrected chi connectivity index (χ1v) is 8.28. The Morgan fingerprint density at radius 3 is 2.65 bits per heavy atom. The highest BCUT2D eigenvalue weighted by molar-refractivity contribution is 7.99.